The summed E-state index contributed by atoms with van der Waals surface area (Å²) in [5, 5.41) is 0.475. The number of halogens is 3. The third-order valence-corrected chi connectivity index (χ3v) is 14.6. The first-order valence-electron chi connectivity index (χ1n) is 12.3. The Bertz CT molecular complexity index is 1080. The van der Waals surface area contributed by atoms with Crippen LogP contribution in [0.1, 0.15) is 71.8 Å². The predicted octanol–water partition coefficient (Wildman–Crippen LogP) is 8.67. The molecule has 2 rings (SSSR count). The maximum absolute atomic E-state index is 15.2. The fourth-order valence-electron chi connectivity index (χ4n) is 4.01. The number of hydrogen-bond acceptors (Lipinski definition) is 3. The van der Waals surface area contributed by atoms with Gasteiger partial charge in [0.15, 0.2) is 18.2 Å². The Kier molecular flexibility index (Phi) is 10.1. The Hall–Kier alpha value is -1.28. The van der Waals surface area contributed by atoms with Crippen LogP contribution in [-0.4, -0.2) is 23.3 Å². The number of hydrogen-bond donors (Lipinski definition) is 0. The molecule has 196 valence electrons. The highest BCUT2D eigenvalue weighted by Gasteiger charge is 2.47. The first kappa shape index (κ1) is 29.9. The predicted molar refractivity (Wildman–Crippen MR) is 143 cm³/mol. The Morgan fingerprint density at radius 2 is 1.54 bits per heavy atom. The monoisotopic (exact) mass is 544 g/mol. The summed E-state index contributed by atoms with van der Waals surface area (Å²) >= 11 is 5.99. The van der Waals surface area contributed by atoms with Crippen LogP contribution in [-0.2, 0) is 19.0 Å². The van der Waals surface area contributed by atoms with Crippen molar-refractivity contribution in [3.05, 3.63) is 64.7 Å². The Morgan fingerprint density at radius 3 is 2.11 bits per heavy atom. The molecule has 35 heavy (non-hydrogen) atoms. The first-order valence-corrected chi connectivity index (χ1v) is 17.0. The smallest absolute Gasteiger partial charge is 0.191 e. The van der Waals surface area contributed by atoms with Gasteiger partial charge in [-0.3, -0.25) is 0 Å². The summed E-state index contributed by atoms with van der Waals surface area (Å²) in [5.74, 6) is -1.37. The molecule has 2 aromatic rings. The Morgan fingerprint density at radius 1 is 0.943 bits per heavy atom. The molecule has 1 atom stereocenters. The number of unbranched alkanes of at least 4 members (excludes halogenated alkanes) is 2. The second-order valence-corrected chi connectivity index (χ2v) is 18.3. The highest BCUT2D eigenvalue weighted by Crippen LogP contribution is 2.45. The van der Waals surface area contributed by atoms with E-state index in [1.165, 1.54) is 24.3 Å². The molecular weight excluding hydrogens is 506 g/mol. The fraction of sp³-hybridized carbons (Fsp3) is 0.556. The third kappa shape index (κ3) is 6.94. The van der Waals surface area contributed by atoms with Crippen LogP contribution in [0.2, 0.25) is 23.2 Å². The van der Waals surface area contributed by atoms with E-state index in [0.717, 1.165) is 24.6 Å². The minimum absolute atomic E-state index is 0.0548. The molecule has 0 aliphatic rings. The van der Waals surface area contributed by atoms with Crippen molar-refractivity contribution in [2.75, 3.05) is 6.61 Å². The van der Waals surface area contributed by atoms with E-state index in [2.05, 4.69) is 33.9 Å². The summed E-state index contributed by atoms with van der Waals surface area (Å²) in [6, 6.07) is 8.98. The molecule has 0 fully saturated rings. The Balaban J connectivity index is 2.48. The third-order valence-electron chi connectivity index (χ3n) is 7.24. The van der Waals surface area contributed by atoms with Gasteiger partial charge in [0, 0.05) is 17.2 Å². The van der Waals surface area contributed by atoms with Gasteiger partial charge in [-0.15, -0.1) is 0 Å². The second kappa shape index (κ2) is 11.8. The lowest BCUT2D eigenvalue weighted by Crippen LogP contribution is -2.41. The zero-order valence-corrected chi connectivity index (χ0v) is 24.3. The van der Waals surface area contributed by atoms with E-state index in [-0.39, 0.29) is 28.3 Å². The van der Waals surface area contributed by atoms with Crippen LogP contribution >= 0.6 is 11.6 Å². The largest absolute Gasteiger partial charge is 0.417 e. The molecule has 0 amide bonds. The molecule has 0 radical (unpaired) electrons. The molecule has 0 spiro atoms. The Labute approximate surface area is 216 Å². The van der Waals surface area contributed by atoms with Gasteiger partial charge in [0.1, 0.15) is 16.4 Å². The van der Waals surface area contributed by atoms with E-state index < -0.39 is 34.5 Å². The molecular formula is C27H39ClF2O3SSi. The van der Waals surface area contributed by atoms with Crippen LogP contribution in [0.5, 0.6) is 0 Å². The molecule has 0 heterocycles. The van der Waals surface area contributed by atoms with Crippen molar-refractivity contribution < 1.29 is 21.6 Å². The van der Waals surface area contributed by atoms with Gasteiger partial charge >= 0.3 is 0 Å². The maximum atomic E-state index is 15.2. The summed E-state index contributed by atoms with van der Waals surface area (Å²) in [6.07, 6.45) is 2.78. The summed E-state index contributed by atoms with van der Waals surface area (Å²) in [4.78, 5) is 0.0548. The van der Waals surface area contributed by atoms with Crippen LogP contribution in [0, 0.1) is 11.6 Å². The minimum atomic E-state index is -4.08. The summed E-state index contributed by atoms with van der Waals surface area (Å²) in [5.41, 5.74) is -0.105. The van der Waals surface area contributed by atoms with E-state index in [4.69, 9.17) is 16.0 Å². The summed E-state index contributed by atoms with van der Waals surface area (Å²) in [7, 11) is -6.02. The van der Waals surface area contributed by atoms with Gasteiger partial charge in [-0.25, -0.2) is 17.2 Å². The fourth-order valence-corrected chi connectivity index (χ4v) is 7.44. The zero-order chi connectivity index (χ0) is 26.5. The molecule has 0 aliphatic heterocycles. The normalized spacial score (nSPS) is 14.7. The highest BCUT2D eigenvalue weighted by atomic mass is 35.5. The lowest BCUT2D eigenvalue weighted by molar-refractivity contribution is 0.273. The minimum Gasteiger partial charge on any atom is -0.417 e. The summed E-state index contributed by atoms with van der Waals surface area (Å²) < 4.78 is 62.5. The van der Waals surface area contributed by atoms with Gasteiger partial charge in [0.2, 0.25) is 0 Å². The van der Waals surface area contributed by atoms with Gasteiger partial charge in [-0.1, -0.05) is 52.1 Å². The van der Waals surface area contributed by atoms with E-state index in [9.17, 15) is 12.8 Å². The van der Waals surface area contributed by atoms with Crippen LogP contribution in [0.25, 0.3) is 0 Å². The lowest BCUT2D eigenvalue weighted by Gasteiger charge is -2.37. The zero-order valence-electron chi connectivity index (χ0n) is 21.8. The highest BCUT2D eigenvalue weighted by molar-refractivity contribution is 7.92. The number of sulfone groups is 1. The molecule has 2 aromatic carbocycles. The molecule has 3 nitrogen and oxygen atoms in total. The lowest BCUT2D eigenvalue weighted by atomic mass is 9.87. The van der Waals surface area contributed by atoms with E-state index in [1.807, 2.05) is 6.92 Å². The van der Waals surface area contributed by atoms with Gasteiger partial charge < -0.3 is 4.43 Å². The molecule has 0 N–H and O–H groups in total. The van der Waals surface area contributed by atoms with Crippen LogP contribution < -0.4 is 0 Å². The summed E-state index contributed by atoms with van der Waals surface area (Å²) in [6.45, 7) is 13.3. The van der Waals surface area contributed by atoms with Gasteiger partial charge in [0.25, 0.3) is 0 Å². The van der Waals surface area contributed by atoms with Crippen molar-refractivity contribution in [2.45, 2.75) is 94.0 Å². The quantitative estimate of drug-likeness (QED) is 0.198. The molecule has 0 bridgehead atoms. The molecule has 0 saturated carbocycles. The van der Waals surface area contributed by atoms with Gasteiger partial charge in [-0.05, 0) is 86.3 Å². The van der Waals surface area contributed by atoms with Crippen LogP contribution in [0.15, 0.2) is 47.4 Å². The van der Waals surface area contributed by atoms with Gasteiger partial charge in [-0.2, -0.15) is 0 Å². The van der Waals surface area contributed by atoms with E-state index >= 15 is 4.39 Å². The van der Waals surface area contributed by atoms with E-state index in [1.54, 1.807) is 0 Å². The maximum Gasteiger partial charge on any atom is 0.191 e. The average molecular weight is 545 g/mol. The van der Waals surface area contributed by atoms with Crippen molar-refractivity contribution >= 4 is 29.8 Å². The molecule has 1 unspecified atom stereocenters. The van der Waals surface area contributed by atoms with Crippen LogP contribution in [0.4, 0.5) is 8.78 Å². The SMILES string of the molecule is CCCCC(CCCCO[Si](C)(C)C(C)(C)C)(c1cc(F)ccc1F)S(=O)(=O)c1ccc(Cl)cc1. The molecule has 0 aliphatic carbocycles. The van der Waals surface area contributed by atoms with E-state index in [0.29, 0.717) is 30.9 Å². The number of benzene rings is 2. The van der Waals surface area contributed by atoms with Crippen molar-refractivity contribution in [3.63, 3.8) is 0 Å². The van der Waals surface area contributed by atoms with Crippen molar-refractivity contribution in [2.24, 2.45) is 0 Å². The standard InChI is InChI=1S/C27H39ClF2O3SSi/c1-7-8-17-27(24-20-22(29)13-16-25(24)30,34(31,32)23-14-11-21(28)12-15-23)18-9-10-19-33-35(5,6)26(2,3)4/h11-16,20H,7-10,17-19H2,1-6H3. The second-order valence-electron chi connectivity index (χ2n) is 10.7. The molecule has 8 heteroatoms. The van der Waals surface area contributed by atoms with Gasteiger partial charge in [0.05, 0.1) is 4.90 Å². The van der Waals surface area contributed by atoms with Crippen molar-refractivity contribution in [1.29, 1.82) is 0 Å². The van der Waals surface area contributed by atoms with Crippen LogP contribution in [0.3, 0.4) is 0 Å². The topological polar surface area (TPSA) is 43.4 Å². The molecule has 0 saturated heterocycles. The average Bonchev–Trinajstić information content (AvgIpc) is 2.77. The molecule has 0 aromatic heterocycles. The van der Waals surface area contributed by atoms with Crippen molar-refractivity contribution in [3.8, 4) is 0 Å². The number of rotatable bonds is 12. The first-order chi connectivity index (χ1) is 16.2. The van der Waals surface area contributed by atoms with Crippen molar-refractivity contribution in [1.82, 2.24) is 0 Å².